The van der Waals surface area contributed by atoms with Gasteiger partial charge in [0.25, 0.3) is 0 Å². The number of aliphatic hydroxyl groups excluding tert-OH is 1. The number of fused-ring (bicyclic) bond motifs is 2. The molecule has 2 N–H and O–H groups in total. The molecule has 2 heterocycles. The molecular weight excluding hydrogens is 326 g/mol. The molecule has 0 aromatic heterocycles. The summed E-state index contributed by atoms with van der Waals surface area (Å²) in [5.74, 6) is 0.696. The Morgan fingerprint density at radius 2 is 1.92 bits per heavy atom. The third kappa shape index (κ3) is 2.97. The number of hydrogen-bond acceptors (Lipinski definition) is 4. The number of hydrogen-bond donors (Lipinski definition) is 2. The molecule has 4 nitrogen and oxygen atoms in total. The van der Waals surface area contributed by atoms with Crippen molar-refractivity contribution in [3.63, 3.8) is 0 Å². The van der Waals surface area contributed by atoms with E-state index in [0.717, 1.165) is 31.4 Å². The summed E-state index contributed by atoms with van der Waals surface area (Å²) in [5.41, 5.74) is 2.34. The van der Waals surface area contributed by atoms with Crippen LogP contribution in [0.1, 0.15) is 30.4 Å². The molecule has 0 saturated carbocycles. The van der Waals surface area contributed by atoms with Crippen LogP contribution in [0.15, 0.2) is 48.5 Å². The van der Waals surface area contributed by atoms with Crippen molar-refractivity contribution < 1.29 is 14.9 Å². The second kappa shape index (κ2) is 6.93. The molecule has 2 bridgehead atoms. The molecule has 2 aliphatic heterocycles. The highest BCUT2D eigenvalue weighted by molar-refractivity contribution is 5.41. The first kappa shape index (κ1) is 17.4. The number of ether oxygens (including phenoxy) is 1. The minimum Gasteiger partial charge on any atom is -0.504 e. The van der Waals surface area contributed by atoms with Crippen molar-refractivity contribution >= 4 is 0 Å². The SMILES string of the molecule is COc1ccc(CN2[C@H]3CC[C@@H]2[C@@](CO)(Cc2ccccc2)C3)cc1O. The first-order valence-corrected chi connectivity index (χ1v) is 9.41. The Kier molecular flexibility index (Phi) is 4.63. The van der Waals surface area contributed by atoms with Crippen molar-refractivity contribution in [3.8, 4) is 11.5 Å². The highest BCUT2D eigenvalue weighted by Gasteiger charge is 2.55. The van der Waals surface area contributed by atoms with Crippen LogP contribution in [0.5, 0.6) is 11.5 Å². The van der Waals surface area contributed by atoms with Gasteiger partial charge in [0, 0.05) is 24.0 Å². The zero-order chi connectivity index (χ0) is 18.1. The Hall–Kier alpha value is -2.04. The van der Waals surface area contributed by atoms with Gasteiger partial charge in [-0.25, -0.2) is 0 Å². The Morgan fingerprint density at radius 3 is 2.62 bits per heavy atom. The summed E-state index contributed by atoms with van der Waals surface area (Å²) in [5, 5.41) is 20.4. The Labute approximate surface area is 155 Å². The average Bonchev–Trinajstić information content (AvgIpc) is 3.17. The zero-order valence-electron chi connectivity index (χ0n) is 15.3. The largest absolute Gasteiger partial charge is 0.504 e. The van der Waals surface area contributed by atoms with Crippen LogP contribution in [0, 0.1) is 5.41 Å². The summed E-state index contributed by atoms with van der Waals surface area (Å²) in [6, 6.07) is 17.1. The highest BCUT2D eigenvalue weighted by Crippen LogP contribution is 2.51. The monoisotopic (exact) mass is 353 g/mol. The van der Waals surface area contributed by atoms with Gasteiger partial charge in [-0.3, -0.25) is 4.90 Å². The highest BCUT2D eigenvalue weighted by atomic mass is 16.5. The van der Waals surface area contributed by atoms with Crippen LogP contribution in [-0.4, -0.2) is 40.9 Å². The minimum atomic E-state index is -0.0568. The maximum absolute atomic E-state index is 10.3. The lowest BCUT2D eigenvalue weighted by atomic mass is 9.70. The molecule has 3 atom stereocenters. The maximum Gasteiger partial charge on any atom is 0.160 e. The van der Waals surface area contributed by atoms with Crippen LogP contribution in [-0.2, 0) is 13.0 Å². The van der Waals surface area contributed by atoms with Crippen molar-refractivity contribution in [2.75, 3.05) is 13.7 Å². The number of phenols is 1. The molecule has 2 aromatic carbocycles. The Bertz CT molecular complexity index is 763. The molecule has 2 fully saturated rings. The van der Waals surface area contributed by atoms with E-state index in [1.165, 1.54) is 12.0 Å². The smallest absolute Gasteiger partial charge is 0.160 e. The fourth-order valence-corrected chi connectivity index (χ4v) is 5.12. The summed E-state index contributed by atoms with van der Waals surface area (Å²) in [6.07, 6.45) is 4.31. The van der Waals surface area contributed by atoms with Gasteiger partial charge in [0.15, 0.2) is 11.5 Å². The van der Waals surface area contributed by atoms with E-state index in [1.54, 1.807) is 13.2 Å². The van der Waals surface area contributed by atoms with Crippen LogP contribution >= 0.6 is 0 Å². The number of methoxy groups -OCH3 is 1. The third-order valence-corrected chi connectivity index (χ3v) is 6.31. The first-order valence-electron chi connectivity index (χ1n) is 9.41. The van der Waals surface area contributed by atoms with Gasteiger partial charge in [0.1, 0.15) is 0 Å². The van der Waals surface area contributed by atoms with Crippen molar-refractivity contribution in [1.29, 1.82) is 0 Å². The van der Waals surface area contributed by atoms with Gasteiger partial charge < -0.3 is 14.9 Å². The van der Waals surface area contributed by atoms with Crippen molar-refractivity contribution in [2.24, 2.45) is 5.41 Å². The molecule has 0 radical (unpaired) electrons. The van der Waals surface area contributed by atoms with Gasteiger partial charge >= 0.3 is 0 Å². The molecule has 0 aliphatic carbocycles. The van der Waals surface area contributed by atoms with Gasteiger partial charge in [-0.15, -0.1) is 0 Å². The quantitative estimate of drug-likeness (QED) is 0.836. The molecule has 2 aromatic rings. The molecule has 0 unspecified atom stereocenters. The molecule has 0 spiro atoms. The first-order chi connectivity index (χ1) is 12.6. The normalized spacial score (nSPS) is 27.8. The second-order valence-electron chi connectivity index (χ2n) is 7.81. The van der Waals surface area contributed by atoms with E-state index >= 15 is 0 Å². The molecule has 4 heteroatoms. The molecule has 138 valence electrons. The number of aliphatic hydroxyl groups is 1. The summed E-state index contributed by atoms with van der Waals surface area (Å²) >= 11 is 0. The fourth-order valence-electron chi connectivity index (χ4n) is 5.12. The molecular formula is C22H27NO3. The summed E-state index contributed by atoms with van der Waals surface area (Å²) < 4.78 is 5.14. The standard InChI is InChI=1S/C22H27NO3/c1-26-20-9-7-17(11-19(20)25)14-23-18-8-10-21(23)22(13-18,15-24)12-16-5-3-2-4-6-16/h2-7,9,11,18,21,24-25H,8,10,12-15H2,1H3/t18-,21+,22-/m0/s1. The van der Waals surface area contributed by atoms with E-state index in [-0.39, 0.29) is 17.8 Å². The second-order valence-corrected chi connectivity index (χ2v) is 7.81. The van der Waals surface area contributed by atoms with Crippen molar-refractivity contribution in [1.82, 2.24) is 4.90 Å². The maximum atomic E-state index is 10.3. The van der Waals surface area contributed by atoms with Crippen LogP contribution < -0.4 is 4.74 Å². The van der Waals surface area contributed by atoms with E-state index in [9.17, 15) is 10.2 Å². The van der Waals surface area contributed by atoms with Gasteiger partial charge in [0.2, 0.25) is 0 Å². The van der Waals surface area contributed by atoms with Crippen molar-refractivity contribution in [3.05, 3.63) is 59.7 Å². The van der Waals surface area contributed by atoms with E-state index in [0.29, 0.717) is 17.8 Å². The van der Waals surface area contributed by atoms with Crippen molar-refractivity contribution in [2.45, 2.75) is 44.3 Å². The van der Waals surface area contributed by atoms with Gasteiger partial charge in [-0.05, 0) is 48.9 Å². The lowest BCUT2D eigenvalue weighted by Crippen LogP contribution is -2.41. The Morgan fingerprint density at radius 1 is 1.12 bits per heavy atom. The van der Waals surface area contributed by atoms with Crippen LogP contribution in [0.3, 0.4) is 0 Å². The van der Waals surface area contributed by atoms with Gasteiger partial charge in [-0.2, -0.15) is 0 Å². The number of phenolic OH excluding ortho intramolecular Hbond substituents is 1. The van der Waals surface area contributed by atoms with E-state index in [4.69, 9.17) is 4.74 Å². The predicted molar refractivity (Wildman–Crippen MR) is 101 cm³/mol. The average molecular weight is 353 g/mol. The van der Waals surface area contributed by atoms with Crippen LogP contribution in [0.4, 0.5) is 0 Å². The summed E-state index contributed by atoms with van der Waals surface area (Å²) in [6.45, 7) is 1.04. The fraction of sp³-hybridized carbons (Fsp3) is 0.455. The van der Waals surface area contributed by atoms with E-state index < -0.39 is 0 Å². The number of rotatable bonds is 6. The van der Waals surface area contributed by atoms with Crippen LogP contribution in [0.25, 0.3) is 0 Å². The topological polar surface area (TPSA) is 52.9 Å². The van der Waals surface area contributed by atoms with E-state index in [2.05, 4.69) is 29.2 Å². The molecule has 2 saturated heterocycles. The molecule has 26 heavy (non-hydrogen) atoms. The molecule has 2 aliphatic rings. The predicted octanol–water partition coefficient (Wildman–Crippen LogP) is 3.36. The lowest BCUT2D eigenvalue weighted by Gasteiger charge is -2.36. The lowest BCUT2D eigenvalue weighted by molar-refractivity contribution is 0.0750. The van der Waals surface area contributed by atoms with Gasteiger partial charge in [-0.1, -0.05) is 36.4 Å². The minimum absolute atomic E-state index is 0.0568. The summed E-state index contributed by atoms with van der Waals surface area (Å²) in [4.78, 5) is 2.54. The Balaban J connectivity index is 1.54. The number of aromatic hydroxyl groups is 1. The van der Waals surface area contributed by atoms with Gasteiger partial charge in [0.05, 0.1) is 13.7 Å². The third-order valence-electron chi connectivity index (χ3n) is 6.31. The number of benzene rings is 2. The zero-order valence-corrected chi connectivity index (χ0v) is 15.3. The molecule has 0 amide bonds. The summed E-state index contributed by atoms with van der Waals surface area (Å²) in [7, 11) is 1.56. The van der Waals surface area contributed by atoms with E-state index in [1.807, 2.05) is 18.2 Å². The number of nitrogens with zero attached hydrogens (tertiary/aromatic N) is 1. The molecule has 4 rings (SSSR count). The van der Waals surface area contributed by atoms with Crippen LogP contribution in [0.2, 0.25) is 0 Å².